The van der Waals surface area contributed by atoms with E-state index < -0.39 is 11.9 Å². The summed E-state index contributed by atoms with van der Waals surface area (Å²) in [5, 5.41) is 11.9. The lowest BCUT2D eigenvalue weighted by Gasteiger charge is -2.08. The van der Waals surface area contributed by atoms with Gasteiger partial charge in [0.2, 0.25) is 0 Å². The number of nitrogens with one attached hydrogen (secondary N) is 1. The number of carbonyl (C=O) groups excluding carboxylic acids is 1. The third-order valence-corrected chi connectivity index (χ3v) is 3.93. The standard InChI is InChI=1S/C23H19NO4/c25-22(19-11-5-2-6-12-19)24-21(23(26)27)15-18-10-7-13-20(14-18)28-16-17-8-3-1-4-9-17/h1-15H,16H2,(H,24,25)(H,26,27)/b21-15-. The first-order valence-corrected chi connectivity index (χ1v) is 8.70. The zero-order valence-corrected chi connectivity index (χ0v) is 15.0. The summed E-state index contributed by atoms with van der Waals surface area (Å²) in [4.78, 5) is 23.8. The second-order valence-electron chi connectivity index (χ2n) is 6.03. The Morgan fingerprint density at radius 1 is 0.893 bits per heavy atom. The highest BCUT2D eigenvalue weighted by Gasteiger charge is 2.13. The van der Waals surface area contributed by atoms with Crippen molar-refractivity contribution >= 4 is 18.0 Å². The molecule has 3 rings (SSSR count). The number of ether oxygens (including phenoxy) is 1. The second kappa shape index (κ2) is 9.19. The Hall–Kier alpha value is -3.86. The van der Waals surface area contributed by atoms with Crippen LogP contribution < -0.4 is 10.1 Å². The van der Waals surface area contributed by atoms with E-state index in [0.717, 1.165) is 5.56 Å². The summed E-state index contributed by atoms with van der Waals surface area (Å²) in [5.74, 6) is -1.10. The molecule has 0 bridgehead atoms. The fraction of sp³-hybridized carbons (Fsp3) is 0.0435. The summed E-state index contributed by atoms with van der Waals surface area (Å²) in [6.45, 7) is 0.407. The molecule has 0 saturated heterocycles. The van der Waals surface area contributed by atoms with Gasteiger partial charge in [-0.2, -0.15) is 0 Å². The average Bonchev–Trinajstić information content (AvgIpc) is 2.73. The largest absolute Gasteiger partial charge is 0.489 e. The summed E-state index contributed by atoms with van der Waals surface area (Å²) in [5.41, 5.74) is 1.81. The van der Waals surface area contributed by atoms with Crippen LogP contribution in [0, 0.1) is 0 Å². The van der Waals surface area contributed by atoms with E-state index in [4.69, 9.17) is 4.74 Å². The topological polar surface area (TPSA) is 75.6 Å². The Morgan fingerprint density at radius 2 is 1.57 bits per heavy atom. The minimum atomic E-state index is -1.22. The van der Waals surface area contributed by atoms with Crippen molar-refractivity contribution in [1.82, 2.24) is 5.32 Å². The van der Waals surface area contributed by atoms with Crippen molar-refractivity contribution in [1.29, 1.82) is 0 Å². The number of hydrogen-bond acceptors (Lipinski definition) is 3. The quantitative estimate of drug-likeness (QED) is 0.611. The van der Waals surface area contributed by atoms with Crippen LogP contribution in [0.1, 0.15) is 21.5 Å². The Labute approximate surface area is 162 Å². The molecule has 0 fully saturated rings. The SMILES string of the molecule is O=C(O)/C(=C/c1cccc(OCc2ccccc2)c1)NC(=O)c1ccccc1. The average molecular weight is 373 g/mol. The number of amides is 1. The fourth-order valence-corrected chi connectivity index (χ4v) is 2.54. The number of rotatable bonds is 7. The molecule has 0 saturated carbocycles. The lowest BCUT2D eigenvalue weighted by Crippen LogP contribution is -2.27. The van der Waals surface area contributed by atoms with Gasteiger partial charge in [-0.1, -0.05) is 60.7 Å². The summed E-state index contributed by atoms with van der Waals surface area (Å²) in [7, 11) is 0. The number of carbonyl (C=O) groups is 2. The van der Waals surface area contributed by atoms with E-state index in [1.165, 1.54) is 6.08 Å². The Balaban J connectivity index is 1.73. The zero-order valence-electron chi connectivity index (χ0n) is 15.0. The van der Waals surface area contributed by atoms with E-state index in [0.29, 0.717) is 23.5 Å². The summed E-state index contributed by atoms with van der Waals surface area (Å²) < 4.78 is 5.76. The van der Waals surface area contributed by atoms with Crippen molar-refractivity contribution in [2.75, 3.05) is 0 Å². The maximum Gasteiger partial charge on any atom is 0.352 e. The molecule has 1 amide bonds. The van der Waals surface area contributed by atoms with Crippen molar-refractivity contribution < 1.29 is 19.4 Å². The van der Waals surface area contributed by atoms with Gasteiger partial charge in [0.1, 0.15) is 18.1 Å². The van der Waals surface area contributed by atoms with Gasteiger partial charge in [-0.3, -0.25) is 4.79 Å². The summed E-state index contributed by atoms with van der Waals surface area (Å²) in [6.07, 6.45) is 1.40. The van der Waals surface area contributed by atoms with E-state index in [1.54, 1.807) is 54.6 Å². The molecule has 0 unspecified atom stereocenters. The molecule has 3 aromatic carbocycles. The van der Waals surface area contributed by atoms with Crippen molar-refractivity contribution in [2.24, 2.45) is 0 Å². The highest BCUT2D eigenvalue weighted by molar-refractivity contribution is 6.02. The first-order chi connectivity index (χ1) is 13.6. The van der Waals surface area contributed by atoms with Crippen molar-refractivity contribution in [3.05, 3.63) is 107 Å². The van der Waals surface area contributed by atoms with Crippen molar-refractivity contribution in [3.63, 3.8) is 0 Å². The molecule has 0 spiro atoms. The molecule has 0 aliphatic heterocycles. The minimum Gasteiger partial charge on any atom is -0.489 e. The normalized spacial score (nSPS) is 10.9. The van der Waals surface area contributed by atoms with Crippen LogP contribution >= 0.6 is 0 Å². The molecule has 0 radical (unpaired) electrons. The van der Waals surface area contributed by atoms with Gasteiger partial charge in [0.15, 0.2) is 0 Å². The van der Waals surface area contributed by atoms with E-state index >= 15 is 0 Å². The third kappa shape index (κ3) is 5.32. The molecule has 0 atom stereocenters. The van der Waals surface area contributed by atoms with Gasteiger partial charge in [0, 0.05) is 5.56 Å². The predicted molar refractivity (Wildman–Crippen MR) is 107 cm³/mol. The van der Waals surface area contributed by atoms with Gasteiger partial charge in [-0.05, 0) is 41.5 Å². The Morgan fingerprint density at radius 3 is 2.25 bits per heavy atom. The lowest BCUT2D eigenvalue weighted by atomic mass is 10.1. The molecule has 0 heterocycles. The smallest absolute Gasteiger partial charge is 0.352 e. The molecule has 0 aliphatic rings. The molecule has 0 aliphatic carbocycles. The van der Waals surface area contributed by atoms with E-state index in [2.05, 4.69) is 5.32 Å². The first-order valence-electron chi connectivity index (χ1n) is 8.70. The molecule has 3 aromatic rings. The Kier molecular flexibility index (Phi) is 6.21. The molecule has 28 heavy (non-hydrogen) atoms. The molecule has 2 N–H and O–H groups in total. The van der Waals surface area contributed by atoms with Gasteiger partial charge in [0.05, 0.1) is 0 Å². The second-order valence-corrected chi connectivity index (χ2v) is 6.03. The number of aliphatic carboxylic acids is 1. The van der Waals surface area contributed by atoms with Crippen LogP contribution in [0.25, 0.3) is 6.08 Å². The fourth-order valence-electron chi connectivity index (χ4n) is 2.54. The monoisotopic (exact) mass is 373 g/mol. The van der Waals surface area contributed by atoms with Crippen LogP contribution in [-0.4, -0.2) is 17.0 Å². The number of benzene rings is 3. The number of carboxylic acid groups (broad SMARTS) is 1. The van der Waals surface area contributed by atoms with Crippen LogP contribution in [0.15, 0.2) is 90.6 Å². The van der Waals surface area contributed by atoms with Crippen LogP contribution in [-0.2, 0) is 11.4 Å². The molecular weight excluding hydrogens is 354 g/mol. The first kappa shape index (κ1) is 18.9. The van der Waals surface area contributed by atoms with Gasteiger partial charge in [-0.25, -0.2) is 4.79 Å². The highest BCUT2D eigenvalue weighted by atomic mass is 16.5. The van der Waals surface area contributed by atoms with Gasteiger partial charge in [-0.15, -0.1) is 0 Å². The van der Waals surface area contributed by atoms with Crippen LogP contribution in [0.4, 0.5) is 0 Å². The molecule has 140 valence electrons. The van der Waals surface area contributed by atoms with Gasteiger partial charge < -0.3 is 15.2 Å². The van der Waals surface area contributed by atoms with Gasteiger partial charge in [0.25, 0.3) is 5.91 Å². The maximum atomic E-state index is 12.2. The molecule has 5 nitrogen and oxygen atoms in total. The highest BCUT2D eigenvalue weighted by Crippen LogP contribution is 2.17. The third-order valence-electron chi connectivity index (χ3n) is 3.93. The van der Waals surface area contributed by atoms with Crippen LogP contribution in [0.5, 0.6) is 5.75 Å². The number of hydrogen-bond donors (Lipinski definition) is 2. The predicted octanol–water partition coefficient (Wildman–Crippen LogP) is 4.12. The van der Waals surface area contributed by atoms with E-state index in [1.807, 2.05) is 30.3 Å². The van der Waals surface area contributed by atoms with E-state index in [-0.39, 0.29) is 5.70 Å². The Bertz CT molecular complexity index is 982. The minimum absolute atomic E-state index is 0.214. The summed E-state index contributed by atoms with van der Waals surface area (Å²) in [6, 6.07) is 25.2. The van der Waals surface area contributed by atoms with Crippen molar-refractivity contribution in [3.8, 4) is 5.75 Å². The molecule has 0 aromatic heterocycles. The zero-order chi connectivity index (χ0) is 19.8. The number of carboxylic acids is 1. The van der Waals surface area contributed by atoms with Crippen molar-refractivity contribution in [2.45, 2.75) is 6.61 Å². The maximum absolute atomic E-state index is 12.2. The molecular formula is C23H19NO4. The van der Waals surface area contributed by atoms with Crippen LogP contribution in [0.2, 0.25) is 0 Å². The lowest BCUT2D eigenvalue weighted by molar-refractivity contribution is -0.132. The van der Waals surface area contributed by atoms with Gasteiger partial charge >= 0.3 is 5.97 Å². The summed E-state index contributed by atoms with van der Waals surface area (Å²) >= 11 is 0. The van der Waals surface area contributed by atoms with E-state index in [9.17, 15) is 14.7 Å². The molecule has 5 heteroatoms. The van der Waals surface area contributed by atoms with Crippen LogP contribution in [0.3, 0.4) is 0 Å².